The van der Waals surface area contributed by atoms with Gasteiger partial charge in [-0.3, -0.25) is 0 Å². The first-order chi connectivity index (χ1) is 9.02. The molecule has 0 spiro atoms. The largest absolute Gasteiger partial charge is 0.313 e. The second-order valence-electron chi connectivity index (χ2n) is 4.19. The third-order valence-corrected chi connectivity index (χ3v) is 4.54. The monoisotopic (exact) mass is 294 g/mol. The van der Waals surface area contributed by atoms with Crippen molar-refractivity contribution >= 4 is 26.8 Å². The van der Waals surface area contributed by atoms with Crippen molar-refractivity contribution in [2.45, 2.75) is 6.92 Å². The Morgan fingerprint density at radius 3 is 2.42 bits per heavy atom. The van der Waals surface area contributed by atoms with Gasteiger partial charge in [0, 0.05) is 16.1 Å². The standard InChI is InChI=1S/C15H15ClO2S/c1-2-19(17,18)11-13-5-3-4-6-15(13)12-7-9-14(16)10-8-12/h3-11H,2H2,1H3,(H,17,18). The van der Waals surface area contributed by atoms with Crippen LogP contribution in [0.2, 0.25) is 5.02 Å². The normalized spacial score (nSPS) is 13.8. The van der Waals surface area contributed by atoms with E-state index in [1.807, 2.05) is 48.5 Å². The predicted molar refractivity (Wildman–Crippen MR) is 83.4 cm³/mol. The van der Waals surface area contributed by atoms with E-state index in [4.69, 9.17) is 11.6 Å². The quantitative estimate of drug-likeness (QED) is 0.871. The third-order valence-electron chi connectivity index (χ3n) is 2.84. The number of rotatable bonds is 3. The molecule has 0 amide bonds. The van der Waals surface area contributed by atoms with Gasteiger partial charge in [0.1, 0.15) is 0 Å². The summed E-state index contributed by atoms with van der Waals surface area (Å²) in [6.07, 6.45) is 0. The Balaban J connectivity index is 2.57. The summed E-state index contributed by atoms with van der Waals surface area (Å²) < 4.78 is 21.6. The van der Waals surface area contributed by atoms with Gasteiger partial charge in [0.25, 0.3) is 0 Å². The number of benzene rings is 2. The summed E-state index contributed by atoms with van der Waals surface area (Å²) in [4.78, 5) is 0. The molecule has 0 saturated carbocycles. The molecular weight excluding hydrogens is 280 g/mol. The second kappa shape index (κ2) is 5.78. The maximum atomic E-state index is 11.8. The van der Waals surface area contributed by atoms with Gasteiger partial charge < -0.3 is 4.55 Å². The molecule has 2 aromatic carbocycles. The molecule has 1 unspecified atom stereocenters. The SMILES string of the molecule is CCS(=O)(O)=Cc1ccccc1-c1ccc(Cl)cc1. The second-order valence-corrected chi connectivity index (χ2v) is 6.82. The van der Waals surface area contributed by atoms with Gasteiger partial charge in [-0.2, -0.15) is 0 Å². The average molecular weight is 295 g/mol. The van der Waals surface area contributed by atoms with Crippen molar-refractivity contribution in [2.24, 2.45) is 0 Å². The van der Waals surface area contributed by atoms with Crippen LogP contribution in [0.15, 0.2) is 48.5 Å². The first kappa shape index (κ1) is 14.1. The van der Waals surface area contributed by atoms with E-state index in [9.17, 15) is 8.76 Å². The highest BCUT2D eigenvalue weighted by Gasteiger charge is 2.05. The lowest BCUT2D eigenvalue weighted by Crippen LogP contribution is -2.06. The van der Waals surface area contributed by atoms with Crippen molar-refractivity contribution in [3.63, 3.8) is 0 Å². The smallest absolute Gasteiger partial charge is 0.0818 e. The summed E-state index contributed by atoms with van der Waals surface area (Å²) in [5.41, 5.74) is 2.66. The zero-order valence-electron chi connectivity index (χ0n) is 10.5. The summed E-state index contributed by atoms with van der Waals surface area (Å²) in [6, 6.07) is 15.0. The predicted octanol–water partition coefficient (Wildman–Crippen LogP) is 3.93. The molecule has 0 heterocycles. The molecule has 0 radical (unpaired) electrons. The minimum atomic E-state index is -2.91. The molecule has 0 aliphatic heterocycles. The molecule has 2 nitrogen and oxygen atoms in total. The molecule has 100 valence electrons. The molecular formula is C15H15ClO2S. The number of hydrogen-bond donors (Lipinski definition) is 1. The zero-order valence-corrected chi connectivity index (χ0v) is 12.1. The van der Waals surface area contributed by atoms with Gasteiger partial charge in [-0.15, -0.1) is 0 Å². The maximum absolute atomic E-state index is 11.8. The summed E-state index contributed by atoms with van der Waals surface area (Å²) in [5, 5.41) is 2.11. The lowest BCUT2D eigenvalue weighted by molar-refractivity contribution is 0.561. The first-order valence-corrected chi connectivity index (χ1v) is 8.08. The molecule has 0 saturated heterocycles. The van der Waals surface area contributed by atoms with Crippen LogP contribution >= 0.6 is 11.6 Å². The highest BCUT2D eigenvalue weighted by Crippen LogP contribution is 2.24. The Hall–Kier alpha value is -1.29. The molecule has 2 aromatic rings. The topological polar surface area (TPSA) is 37.3 Å². The Kier molecular flexibility index (Phi) is 4.30. The highest BCUT2D eigenvalue weighted by atomic mass is 35.5. The molecule has 2 rings (SSSR count). The molecule has 1 N–H and O–H groups in total. The average Bonchev–Trinajstić information content (AvgIpc) is 2.40. The molecule has 4 heteroatoms. The van der Waals surface area contributed by atoms with E-state index in [0.29, 0.717) is 5.02 Å². The molecule has 0 aliphatic carbocycles. The third kappa shape index (κ3) is 3.60. The summed E-state index contributed by atoms with van der Waals surface area (Å²) >= 11 is 5.87. The maximum Gasteiger partial charge on any atom is 0.0818 e. The number of halogens is 1. The Morgan fingerprint density at radius 1 is 1.16 bits per heavy atom. The van der Waals surface area contributed by atoms with E-state index in [1.165, 1.54) is 5.37 Å². The molecule has 0 fully saturated rings. The van der Waals surface area contributed by atoms with Crippen molar-refractivity contribution in [1.82, 2.24) is 0 Å². The van der Waals surface area contributed by atoms with Crippen LogP contribution < -0.4 is 0 Å². The molecule has 19 heavy (non-hydrogen) atoms. The van der Waals surface area contributed by atoms with E-state index >= 15 is 0 Å². The van der Waals surface area contributed by atoms with Crippen LogP contribution in [0.1, 0.15) is 12.5 Å². The van der Waals surface area contributed by atoms with Crippen LogP contribution in [-0.4, -0.2) is 19.9 Å². The number of hydrogen-bond acceptors (Lipinski definition) is 1. The fraction of sp³-hybridized carbons (Fsp3) is 0.133. The zero-order chi connectivity index (χ0) is 13.9. The Labute approximate surface area is 118 Å². The lowest BCUT2D eigenvalue weighted by Gasteiger charge is -2.08. The fourth-order valence-corrected chi connectivity index (χ4v) is 2.67. The van der Waals surface area contributed by atoms with Crippen molar-refractivity contribution < 1.29 is 8.76 Å². The van der Waals surface area contributed by atoms with Gasteiger partial charge in [0.2, 0.25) is 0 Å². The fourth-order valence-electron chi connectivity index (χ4n) is 1.77. The minimum absolute atomic E-state index is 0.210. The summed E-state index contributed by atoms with van der Waals surface area (Å²) in [6.45, 7) is 1.70. The summed E-state index contributed by atoms with van der Waals surface area (Å²) in [7, 11) is -2.91. The van der Waals surface area contributed by atoms with Gasteiger partial charge in [-0.25, -0.2) is 4.21 Å². The van der Waals surface area contributed by atoms with E-state index in [-0.39, 0.29) is 5.75 Å². The van der Waals surface area contributed by atoms with Gasteiger partial charge in [0.05, 0.1) is 9.80 Å². The van der Waals surface area contributed by atoms with E-state index in [0.717, 1.165) is 16.7 Å². The molecule has 0 aliphatic rings. The summed E-state index contributed by atoms with van der Waals surface area (Å²) in [5.74, 6) is 0.210. The molecule has 1 atom stereocenters. The lowest BCUT2D eigenvalue weighted by atomic mass is 10.0. The van der Waals surface area contributed by atoms with Gasteiger partial charge in [0.15, 0.2) is 0 Å². The molecule has 0 bridgehead atoms. The van der Waals surface area contributed by atoms with Gasteiger partial charge in [-0.05, 0) is 28.8 Å². The van der Waals surface area contributed by atoms with Crippen molar-refractivity contribution in [3.8, 4) is 11.1 Å². The highest BCUT2D eigenvalue weighted by molar-refractivity contribution is 7.96. The van der Waals surface area contributed by atoms with Gasteiger partial charge in [-0.1, -0.05) is 54.9 Å². The van der Waals surface area contributed by atoms with Crippen LogP contribution in [0.4, 0.5) is 0 Å². The molecule has 0 aromatic heterocycles. The Bertz CT molecular complexity index is 684. The van der Waals surface area contributed by atoms with Crippen LogP contribution in [0.3, 0.4) is 0 Å². The van der Waals surface area contributed by atoms with Gasteiger partial charge >= 0.3 is 0 Å². The van der Waals surface area contributed by atoms with E-state index < -0.39 is 9.80 Å². The Morgan fingerprint density at radius 2 is 1.79 bits per heavy atom. The van der Waals surface area contributed by atoms with Crippen LogP contribution in [0.5, 0.6) is 0 Å². The minimum Gasteiger partial charge on any atom is -0.313 e. The van der Waals surface area contributed by atoms with E-state index in [1.54, 1.807) is 6.92 Å². The van der Waals surface area contributed by atoms with Crippen LogP contribution in [0, 0.1) is 0 Å². The first-order valence-electron chi connectivity index (χ1n) is 5.96. The van der Waals surface area contributed by atoms with Crippen molar-refractivity contribution in [1.29, 1.82) is 0 Å². The van der Waals surface area contributed by atoms with Crippen molar-refractivity contribution in [2.75, 3.05) is 5.75 Å². The van der Waals surface area contributed by atoms with Crippen molar-refractivity contribution in [3.05, 3.63) is 59.1 Å². The van der Waals surface area contributed by atoms with Crippen LogP contribution in [-0.2, 0) is 9.80 Å². The van der Waals surface area contributed by atoms with E-state index in [2.05, 4.69) is 0 Å². The van der Waals surface area contributed by atoms with Crippen LogP contribution in [0.25, 0.3) is 11.1 Å².